The number of hydrogen-bond donors (Lipinski definition) is 1. The zero-order valence-electron chi connectivity index (χ0n) is 20.5. The van der Waals surface area contributed by atoms with Gasteiger partial charge in [-0.05, 0) is 122 Å². The van der Waals surface area contributed by atoms with Gasteiger partial charge in [-0.2, -0.15) is 0 Å². The fraction of sp³-hybridized carbons (Fsp3) is 1.00. The summed E-state index contributed by atoms with van der Waals surface area (Å²) in [6.07, 6.45) is 16.4. The van der Waals surface area contributed by atoms with E-state index < -0.39 is 0 Å². The van der Waals surface area contributed by atoms with E-state index in [4.69, 9.17) is 0 Å². The lowest BCUT2D eigenvalue weighted by Gasteiger charge is -2.61. The first kappa shape index (κ1) is 22.2. The summed E-state index contributed by atoms with van der Waals surface area (Å²) in [5.41, 5.74) is 1.65. The molecule has 0 saturated heterocycles. The van der Waals surface area contributed by atoms with Crippen LogP contribution in [0.25, 0.3) is 0 Å². The maximum Gasteiger partial charge on any atom is 0.0543 e. The fourth-order valence-electron chi connectivity index (χ4n) is 9.21. The van der Waals surface area contributed by atoms with Gasteiger partial charge in [0.1, 0.15) is 0 Å². The van der Waals surface area contributed by atoms with E-state index in [1.165, 1.54) is 64.2 Å². The normalized spacial score (nSPS) is 48.5. The van der Waals surface area contributed by atoms with Gasteiger partial charge in [-0.1, -0.05) is 48.0 Å². The highest BCUT2D eigenvalue weighted by molar-refractivity contribution is 5.09. The zero-order valence-corrected chi connectivity index (χ0v) is 20.5. The monoisotopic (exact) mass is 402 g/mol. The molecule has 1 heteroatoms. The van der Waals surface area contributed by atoms with Crippen molar-refractivity contribution in [3.63, 3.8) is 0 Å². The molecule has 1 N–H and O–H groups in total. The number of rotatable bonds is 5. The van der Waals surface area contributed by atoms with Crippen molar-refractivity contribution in [2.75, 3.05) is 0 Å². The predicted molar refractivity (Wildman–Crippen MR) is 124 cm³/mol. The quantitative estimate of drug-likeness (QED) is 0.496. The van der Waals surface area contributed by atoms with Gasteiger partial charge in [0.15, 0.2) is 0 Å². The van der Waals surface area contributed by atoms with Gasteiger partial charge in [0.2, 0.25) is 0 Å². The highest BCUT2D eigenvalue weighted by atomic mass is 16.3. The van der Waals surface area contributed by atoms with Gasteiger partial charge in [0, 0.05) is 0 Å². The zero-order chi connectivity index (χ0) is 21.0. The number of hydrogen-bond acceptors (Lipinski definition) is 1. The third kappa shape index (κ3) is 3.74. The molecule has 4 aliphatic rings. The lowest BCUT2D eigenvalue weighted by Crippen LogP contribution is -2.54. The maximum absolute atomic E-state index is 10.3. The second-order valence-electron chi connectivity index (χ2n) is 13.3. The Kier molecular flexibility index (Phi) is 5.98. The van der Waals surface area contributed by atoms with E-state index in [1.807, 2.05) is 0 Å². The van der Waals surface area contributed by atoms with Crippen molar-refractivity contribution in [2.24, 2.45) is 51.8 Å². The summed E-state index contributed by atoms with van der Waals surface area (Å²) in [6, 6.07) is 0. The molecule has 168 valence electrons. The van der Waals surface area contributed by atoms with Crippen LogP contribution < -0.4 is 0 Å². The molecule has 0 bridgehead atoms. The Labute approximate surface area is 181 Å². The highest BCUT2D eigenvalue weighted by Crippen LogP contribution is 2.68. The third-order valence-corrected chi connectivity index (χ3v) is 11.6. The van der Waals surface area contributed by atoms with Crippen LogP contribution in [0.2, 0.25) is 0 Å². The summed E-state index contributed by atoms with van der Waals surface area (Å²) in [6.45, 7) is 15.2. The van der Waals surface area contributed by atoms with Crippen LogP contribution in [0.15, 0.2) is 0 Å². The molecule has 29 heavy (non-hydrogen) atoms. The van der Waals surface area contributed by atoms with Crippen LogP contribution in [0.4, 0.5) is 0 Å². The first-order chi connectivity index (χ1) is 13.6. The van der Waals surface area contributed by atoms with Crippen LogP contribution in [0.3, 0.4) is 0 Å². The van der Waals surface area contributed by atoms with Crippen LogP contribution in [0.1, 0.15) is 119 Å². The lowest BCUT2D eigenvalue weighted by atomic mass is 9.44. The Morgan fingerprint density at radius 2 is 1.62 bits per heavy atom. The van der Waals surface area contributed by atoms with Crippen molar-refractivity contribution in [3.8, 4) is 0 Å². The minimum atomic E-state index is -0.0115. The molecule has 0 radical (unpaired) electrons. The molecule has 0 amide bonds. The first-order valence-electron chi connectivity index (χ1n) is 13.3. The molecule has 0 aromatic rings. The predicted octanol–water partition coefficient (Wildman–Crippen LogP) is 7.86. The minimum absolute atomic E-state index is 0.0115. The van der Waals surface area contributed by atoms with E-state index in [9.17, 15) is 5.11 Å². The van der Waals surface area contributed by atoms with Crippen molar-refractivity contribution in [3.05, 3.63) is 0 Å². The molecule has 4 fully saturated rings. The van der Waals surface area contributed by atoms with Gasteiger partial charge in [0.05, 0.1) is 6.10 Å². The minimum Gasteiger partial charge on any atom is -0.393 e. The summed E-state index contributed by atoms with van der Waals surface area (Å²) < 4.78 is 0. The molecule has 4 rings (SSSR count). The van der Waals surface area contributed by atoms with Gasteiger partial charge in [0.25, 0.3) is 0 Å². The average Bonchev–Trinajstić information content (AvgIpc) is 3.04. The molecule has 4 aliphatic carbocycles. The van der Waals surface area contributed by atoms with E-state index in [2.05, 4.69) is 41.5 Å². The summed E-state index contributed by atoms with van der Waals surface area (Å²) in [5, 5.41) is 10.3. The summed E-state index contributed by atoms with van der Waals surface area (Å²) in [7, 11) is 0. The maximum atomic E-state index is 10.3. The molecule has 0 heterocycles. The number of aliphatic hydroxyl groups is 1. The lowest BCUT2D eigenvalue weighted by molar-refractivity contribution is -0.129. The summed E-state index contributed by atoms with van der Waals surface area (Å²) in [4.78, 5) is 0. The topological polar surface area (TPSA) is 20.2 Å². The highest BCUT2D eigenvalue weighted by Gasteiger charge is 2.60. The first-order valence-corrected chi connectivity index (χ1v) is 13.3. The molecule has 7 unspecified atom stereocenters. The standard InChI is InChI=1S/C28H50O/c1-7-26(3,4)15-12-19(2)23-10-11-24-22-9-8-20-18-21(29)13-16-27(20,5)25(22)14-17-28(23,24)6/h19-25,29H,7-18H2,1-6H3/t19?,20?,21?,22?,23?,24?,25?,27-,28+/m0/s1. The van der Waals surface area contributed by atoms with Gasteiger partial charge in [-0.25, -0.2) is 0 Å². The molecule has 4 saturated carbocycles. The van der Waals surface area contributed by atoms with E-state index in [-0.39, 0.29) is 6.10 Å². The Morgan fingerprint density at radius 1 is 0.931 bits per heavy atom. The Hall–Kier alpha value is -0.0400. The van der Waals surface area contributed by atoms with Gasteiger partial charge >= 0.3 is 0 Å². The Balaban J connectivity index is 1.47. The van der Waals surface area contributed by atoms with Crippen molar-refractivity contribution in [2.45, 2.75) is 125 Å². The molecular weight excluding hydrogens is 352 g/mol. The van der Waals surface area contributed by atoms with Crippen LogP contribution in [0.5, 0.6) is 0 Å². The fourth-order valence-corrected chi connectivity index (χ4v) is 9.21. The third-order valence-electron chi connectivity index (χ3n) is 11.6. The van der Waals surface area contributed by atoms with E-state index in [0.717, 1.165) is 48.3 Å². The van der Waals surface area contributed by atoms with Gasteiger partial charge in [-0.3, -0.25) is 0 Å². The molecular formula is C28H50O. The number of fused-ring (bicyclic) bond motifs is 5. The van der Waals surface area contributed by atoms with Crippen LogP contribution in [-0.4, -0.2) is 11.2 Å². The van der Waals surface area contributed by atoms with E-state index in [0.29, 0.717) is 16.2 Å². The Bertz CT molecular complexity index is 581. The van der Waals surface area contributed by atoms with E-state index >= 15 is 0 Å². The summed E-state index contributed by atoms with van der Waals surface area (Å²) >= 11 is 0. The Morgan fingerprint density at radius 3 is 2.34 bits per heavy atom. The van der Waals surface area contributed by atoms with Crippen LogP contribution >= 0.6 is 0 Å². The summed E-state index contributed by atoms with van der Waals surface area (Å²) in [5.74, 6) is 5.56. The van der Waals surface area contributed by atoms with Gasteiger partial charge in [-0.15, -0.1) is 0 Å². The van der Waals surface area contributed by atoms with Crippen molar-refractivity contribution in [1.82, 2.24) is 0 Å². The average molecular weight is 403 g/mol. The second-order valence-corrected chi connectivity index (χ2v) is 13.3. The second kappa shape index (κ2) is 7.83. The molecule has 0 aromatic carbocycles. The van der Waals surface area contributed by atoms with Crippen molar-refractivity contribution >= 4 is 0 Å². The van der Waals surface area contributed by atoms with Crippen molar-refractivity contribution in [1.29, 1.82) is 0 Å². The molecule has 1 nitrogen and oxygen atoms in total. The largest absolute Gasteiger partial charge is 0.393 e. The SMILES string of the molecule is CCC(C)(C)CCC(C)C1CCC2C3CCC4CC(O)CC[C@]4(C)C3CC[C@]12C. The van der Waals surface area contributed by atoms with Crippen molar-refractivity contribution < 1.29 is 5.11 Å². The van der Waals surface area contributed by atoms with E-state index in [1.54, 1.807) is 0 Å². The number of aliphatic hydroxyl groups excluding tert-OH is 1. The van der Waals surface area contributed by atoms with Crippen LogP contribution in [0, 0.1) is 51.8 Å². The smallest absolute Gasteiger partial charge is 0.0543 e. The molecule has 0 spiro atoms. The molecule has 0 aliphatic heterocycles. The van der Waals surface area contributed by atoms with Gasteiger partial charge < -0.3 is 5.11 Å². The molecule has 0 aromatic heterocycles. The van der Waals surface area contributed by atoms with Crippen LogP contribution in [-0.2, 0) is 0 Å². The molecule has 9 atom stereocenters.